The molecule has 0 aromatic heterocycles. The van der Waals surface area contributed by atoms with Gasteiger partial charge in [-0.15, -0.1) is 0 Å². The molecule has 1 nitrogen and oxygen atoms in total. The minimum Gasteiger partial charge on any atom is -0.306 e. The molecule has 0 spiro atoms. The van der Waals surface area contributed by atoms with E-state index in [0.29, 0.717) is 6.04 Å². The predicted octanol–water partition coefficient (Wildman–Crippen LogP) is 4.50. The number of benzene rings is 2. The van der Waals surface area contributed by atoms with Crippen LogP contribution in [0.4, 0.5) is 0 Å². The van der Waals surface area contributed by atoms with Crippen molar-refractivity contribution in [3.05, 3.63) is 70.2 Å². The molecule has 0 aliphatic rings. The zero-order valence-electron chi connectivity index (χ0n) is 10.8. The molecule has 0 unspecified atom stereocenters. The van der Waals surface area contributed by atoms with Crippen LogP contribution >= 0.6 is 11.6 Å². The maximum absolute atomic E-state index is 5.97. The lowest BCUT2D eigenvalue weighted by Gasteiger charge is -2.14. The Labute approximate surface area is 114 Å². The summed E-state index contributed by atoms with van der Waals surface area (Å²) in [6.07, 6.45) is 0. The maximum atomic E-state index is 5.97. The second-order valence-corrected chi connectivity index (χ2v) is 5.08. The summed E-state index contributed by atoms with van der Waals surface area (Å²) < 4.78 is 0. The first kappa shape index (κ1) is 13.1. The molecule has 1 atom stereocenters. The lowest BCUT2D eigenvalue weighted by molar-refractivity contribution is 0.574. The van der Waals surface area contributed by atoms with Gasteiger partial charge in [-0.3, -0.25) is 0 Å². The number of hydrogen-bond donors (Lipinski definition) is 1. The van der Waals surface area contributed by atoms with Gasteiger partial charge in [-0.2, -0.15) is 0 Å². The highest BCUT2D eigenvalue weighted by Gasteiger charge is 2.04. The Morgan fingerprint density at radius 1 is 1.11 bits per heavy atom. The van der Waals surface area contributed by atoms with Crippen LogP contribution in [-0.2, 0) is 6.54 Å². The van der Waals surface area contributed by atoms with Crippen molar-refractivity contribution in [1.29, 1.82) is 0 Å². The highest BCUT2D eigenvalue weighted by Crippen LogP contribution is 2.15. The molecular formula is C16H18ClN. The van der Waals surface area contributed by atoms with E-state index in [1.807, 2.05) is 18.2 Å². The third-order valence-corrected chi connectivity index (χ3v) is 3.31. The van der Waals surface area contributed by atoms with Gasteiger partial charge in [0.25, 0.3) is 0 Å². The van der Waals surface area contributed by atoms with Crippen LogP contribution in [0.25, 0.3) is 0 Å². The zero-order chi connectivity index (χ0) is 13.0. The van der Waals surface area contributed by atoms with E-state index in [2.05, 4.69) is 49.5 Å². The van der Waals surface area contributed by atoms with Crippen molar-refractivity contribution in [3.63, 3.8) is 0 Å². The van der Waals surface area contributed by atoms with Crippen LogP contribution in [0.2, 0.25) is 5.02 Å². The van der Waals surface area contributed by atoms with Crippen LogP contribution in [0, 0.1) is 6.92 Å². The molecule has 2 heteroatoms. The highest BCUT2D eigenvalue weighted by atomic mass is 35.5. The highest BCUT2D eigenvalue weighted by molar-refractivity contribution is 6.30. The summed E-state index contributed by atoms with van der Waals surface area (Å²) >= 11 is 5.97. The third-order valence-electron chi connectivity index (χ3n) is 3.08. The average Bonchev–Trinajstić information content (AvgIpc) is 2.37. The number of halogens is 1. The molecule has 94 valence electrons. The van der Waals surface area contributed by atoms with Gasteiger partial charge in [0.2, 0.25) is 0 Å². The first-order chi connectivity index (χ1) is 8.65. The van der Waals surface area contributed by atoms with Gasteiger partial charge in [0, 0.05) is 17.6 Å². The first-order valence-corrected chi connectivity index (χ1v) is 6.57. The molecule has 0 fully saturated rings. The van der Waals surface area contributed by atoms with Crippen molar-refractivity contribution >= 4 is 11.6 Å². The summed E-state index contributed by atoms with van der Waals surface area (Å²) in [5, 5.41) is 4.29. The smallest absolute Gasteiger partial charge is 0.0409 e. The fourth-order valence-electron chi connectivity index (χ4n) is 1.89. The fourth-order valence-corrected chi connectivity index (χ4v) is 2.10. The number of rotatable bonds is 4. The molecule has 0 saturated heterocycles. The lowest BCUT2D eigenvalue weighted by Crippen LogP contribution is -2.17. The molecule has 0 bridgehead atoms. The van der Waals surface area contributed by atoms with Crippen molar-refractivity contribution < 1.29 is 0 Å². The van der Waals surface area contributed by atoms with Crippen LogP contribution < -0.4 is 5.32 Å². The Morgan fingerprint density at radius 2 is 1.83 bits per heavy atom. The molecular weight excluding hydrogens is 242 g/mol. The van der Waals surface area contributed by atoms with Gasteiger partial charge < -0.3 is 5.32 Å². The maximum Gasteiger partial charge on any atom is 0.0409 e. The van der Waals surface area contributed by atoms with Crippen molar-refractivity contribution in [2.24, 2.45) is 0 Å². The van der Waals surface area contributed by atoms with E-state index in [4.69, 9.17) is 11.6 Å². The van der Waals surface area contributed by atoms with Crippen molar-refractivity contribution in [1.82, 2.24) is 5.32 Å². The van der Waals surface area contributed by atoms with Gasteiger partial charge in [0.05, 0.1) is 0 Å². The molecule has 0 heterocycles. The second kappa shape index (κ2) is 6.03. The summed E-state index contributed by atoms with van der Waals surface area (Å²) in [5.41, 5.74) is 3.81. The fraction of sp³-hybridized carbons (Fsp3) is 0.250. The molecule has 0 amide bonds. The Kier molecular flexibility index (Phi) is 4.40. The van der Waals surface area contributed by atoms with Crippen molar-refractivity contribution in [3.8, 4) is 0 Å². The summed E-state index contributed by atoms with van der Waals surface area (Å²) in [5.74, 6) is 0. The van der Waals surface area contributed by atoms with E-state index in [0.717, 1.165) is 11.6 Å². The van der Waals surface area contributed by atoms with Gasteiger partial charge in [-0.25, -0.2) is 0 Å². The van der Waals surface area contributed by atoms with E-state index in [9.17, 15) is 0 Å². The molecule has 0 aliphatic heterocycles. The van der Waals surface area contributed by atoms with Crippen molar-refractivity contribution in [2.75, 3.05) is 0 Å². The summed E-state index contributed by atoms with van der Waals surface area (Å²) in [6, 6.07) is 16.9. The first-order valence-electron chi connectivity index (χ1n) is 6.19. The predicted molar refractivity (Wildman–Crippen MR) is 77.9 cm³/mol. The molecule has 0 saturated carbocycles. The summed E-state index contributed by atoms with van der Waals surface area (Å²) in [6.45, 7) is 5.11. The molecule has 2 rings (SSSR count). The average molecular weight is 260 g/mol. The monoisotopic (exact) mass is 259 g/mol. The standard InChI is InChI=1S/C16H18ClN/c1-12-6-8-15(9-7-12)13(2)18-11-14-4-3-5-16(17)10-14/h3-10,13,18H,11H2,1-2H3/t13-/m1/s1. The Morgan fingerprint density at radius 3 is 2.50 bits per heavy atom. The molecule has 1 N–H and O–H groups in total. The third kappa shape index (κ3) is 3.59. The topological polar surface area (TPSA) is 12.0 Å². The van der Waals surface area contributed by atoms with E-state index in [-0.39, 0.29) is 0 Å². The Hall–Kier alpha value is -1.31. The van der Waals surface area contributed by atoms with Gasteiger partial charge in [-0.1, -0.05) is 53.6 Å². The molecule has 2 aromatic carbocycles. The van der Waals surface area contributed by atoms with E-state index in [1.54, 1.807) is 0 Å². The van der Waals surface area contributed by atoms with Crippen LogP contribution in [0.15, 0.2) is 48.5 Å². The Bertz CT molecular complexity index is 505. The van der Waals surface area contributed by atoms with Gasteiger partial charge in [-0.05, 0) is 37.1 Å². The second-order valence-electron chi connectivity index (χ2n) is 4.64. The zero-order valence-corrected chi connectivity index (χ0v) is 11.5. The Balaban J connectivity index is 1.96. The normalized spacial score (nSPS) is 12.4. The van der Waals surface area contributed by atoms with E-state index in [1.165, 1.54) is 16.7 Å². The van der Waals surface area contributed by atoms with Gasteiger partial charge in [0.15, 0.2) is 0 Å². The summed E-state index contributed by atoms with van der Waals surface area (Å²) in [7, 11) is 0. The molecule has 0 aliphatic carbocycles. The number of nitrogens with one attached hydrogen (secondary N) is 1. The van der Waals surface area contributed by atoms with Crippen LogP contribution in [0.1, 0.15) is 29.7 Å². The SMILES string of the molecule is Cc1ccc([C@@H](C)NCc2cccc(Cl)c2)cc1. The lowest BCUT2D eigenvalue weighted by atomic mass is 10.1. The largest absolute Gasteiger partial charge is 0.306 e. The minimum absolute atomic E-state index is 0.338. The number of hydrogen-bond acceptors (Lipinski definition) is 1. The minimum atomic E-state index is 0.338. The number of aryl methyl sites for hydroxylation is 1. The van der Waals surface area contributed by atoms with Crippen molar-refractivity contribution in [2.45, 2.75) is 26.4 Å². The van der Waals surface area contributed by atoms with E-state index >= 15 is 0 Å². The van der Waals surface area contributed by atoms with Crippen LogP contribution in [-0.4, -0.2) is 0 Å². The molecule has 2 aromatic rings. The van der Waals surface area contributed by atoms with Crippen LogP contribution in [0.3, 0.4) is 0 Å². The molecule has 18 heavy (non-hydrogen) atoms. The van der Waals surface area contributed by atoms with E-state index < -0.39 is 0 Å². The van der Waals surface area contributed by atoms with Gasteiger partial charge >= 0.3 is 0 Å². The molecule has 0 radical (unpaired) electrons. The quantitative estimate of drug-likeness (QED) is 0.853. The van der Waals surface area contributed by atoms with Crippen LogP contribution in [0.5, 0.6) is 0 Å². The summed E-state index contributed by atoms with van der Waals surface area (Å²) in [4.78, 5) is 0. The van der Waals surface area contributed by atoms with Gasteiger partial charge in [0.1, 0.15) is 0 Å².